The average Bonchev–Trinajstić information content (AvgIpc) is 3.20. The fourth-order valence-electron chi connectivity index (χ4n) is 3.76. The molecule has 2 aliphatic heterocycles. The van der Waals surface area contributed by atoms with Crippen molar-refractivity contribution in [1.82, 2.24) is 15.7 Å². The van der Waals surface area contributed by atoms with Gasteiger partial charge < -0.3 is 0 Å². The molecule has 0 amide bonds. The van der Waals surface area contributed by atoms with Crippen LogP contribution in [0.1, 0.15) is 28.8 Å². The molecule has 2 aliphatic rings. The lowest BCUT2D eigenvalue weighted by Gasteiger charge is -2.34. The summed E-state index contributed by atoms with van der Waals surface area (Å²) >= 11 is 0. The zero-order chi connectivity index (χ0) is 17.8. The predicted molar refractivity (Wildman–Crippen MR) is 100 cm³/mol. The standard InChI is InChI=1S/C21H25N3O2/c25-19(17-9-5-2-6-10-17)20-22-21(26-23-20)18-11-13-24(14-12-18)15-16-7-3-1-4-8-16/h1-10,18,20-23H,11-15H2. The Morgan fingerprint density at radius 1 is 1.00 bits per heavy atom. The van der Waals surface area contributed by atoms with Crippen molar-refractivity contribution in [3.05, 3.63) is 71.8 Å². The van der Waals surface area contributed by atoms with Crippen LogP contribution in [-0.2, 0) is 11.4 Å². The summed E-state index contributed by atoms with van der Waals surface area (Å²) in [5.74, 6) is 0.442. The molecular weight excluding hydrogens is 326 g/mol. The Morgan fingerprint density at radius 3 is 2.35 bits per heavy atom. The van der Waals surface area contributed by atoms with Gasteiger partial charge in [0.25, 0.3) is 0 Å². The topological polar surface area (TPSA) is 53.6 Å². The Morgan fingerprint density at radius 2 is 1.65 bits per heavy atom. The Balaban J connectivity index is 1.27. The summed E-state index contributed by atoms with van der Waals surface area (Å²) in [5.41, 5.74) is 4.93. The number of rotatable bonds is 5. The number of hydrogen-bond donors (Lipinski definition) is 2. The van der Waals surface area contributed by atoms with E-state index in [0.29, 0.717) is 11.5 Å². The molecule has 0 radical (unpaired) electrons. The number of likely N-dealkylation sites (tertiary alicyclic amines) is 1. The molecule has 26 heavy (non-hydrogen) atoms. The van der Waals surface area contributed by atoms with E-state index in [9.17, 15) is 4.79 Å². The van der Waals surface area contributed by atoms with E-state index in [1.54, 1.807) is 0 Å². The third-order valence-electron chi connectivity index (χ3n) is 5.27. The van der Waals surface area contributed by atoms with Gasteiger partial charge in [-0.15, -0.1) is 0 Å². The minimum Gasteiger partial charge on any atom is -0.299 e. The molecule has 2 aromatic carbocycles. The molecule has 2 atom stereocenters. The summed E-state index contributed by atoms with van der Waals surface area (Å²) in [6.45, 7) is 3.11. The third kappa shape index (κ3) is 4.02. The van der Waals surface area contributed by atoms with E-state index < -0.39 is 6.17 Å². The normalized spacial score (nSPS) is 24.6. The lowest BCUT2D eigenvalue weighted by atomic mass is 9.94. The number of Topliss-reactive ketones (excluding diaryl/α,β-unsaturated/α-hetero) is 1. The summed E-state index contributed by atoms with van der Waals surface area (Å²) in [7, 11) is 0. The summed E-state index contributed by atoms with van der Waals surface area (Å²) in [6, 6.07) is 19.9. The van der Waals surface area contributed by atoms with Crippen LogP contribution >= 0.6 is 0 Å². The maximum absolute atomic E-state index is 12.5. The molecule has 2 N–H and O–H groups in total. The van der Waals surface area contributed by atoms with Crippen molar-refractivity contribution in [2.75, 3.05) is 13.1 Å². The van der Waals surface area contributed by atoms with Crippen LogP contribution in [-0.4, -0.2) is 36.2 Å². The van der Waals surface area contributed by atoms with Gasteiger partial charge in [0.15, 0.2) is 5.78 Å². The number of nitrogens with one attached hydrogen (secondary N) is 2. The van der Waals surface area contributed by atoms with Crippen LogP contribution in [0.5, 0.6) is 0 Å². The molecule has 0 aromatic heterocycles. The number of hydrogen-bond acceptors (Lipinski definition) is 5. The largest absolute Gasteiger partial charge is 0.299 e. The van der Waals surface area contributed by atoms with E-state index in [1.165, 1.54) is 5.56 Å². The SMILES string of the molecule is O=C(c1ccccc1)C1NOC(C2CCN(Cc3ccccc3)CC2)N1. The van der Waals surface area contributed by atoms with Gasteiger partial charge in [0.2, 0.25) is 0 Å². The molecular formula is C21H25N3O2. The second-order valence-corrected chi connectivity index (χ2v) is 7.09. The Bertz CT molecular complexity index is 715. The van der Waals surface area contributed by atoms with Gasteiger partial charge in [-0.25, -0.2) is 0 Å². The van der Waals surface area contributed by atoms with E-state index in [4.69, 9.17) is 4.84 Å². The lowest BCUT2D eigenvalue weighted by Crippen LogP contribution is -2.45. The molecule has 0 aliphatic carbocycles. The maximum Gasteiger partial charge on any atom is 0.196 e. The van der Waals surface area contributed by atoms with Gasteiger partial charge in [-0.05, 0) is 31.5 Å². The first-order valence-corrected chi connectivity index (χ1v) is 9.32. The van der Waals surface area contributed by atoms with Crippen molar-refractivity contribution in [3.8, 4) is 0 Å². The highest BCUT2D eigenvalue weighted by Gasteiger charge is 2.36. The molecule has 2 aromatic rings. The molecule has 0 bridgehead atoms. The first-order chi connectivity index (χ1) is 12.8. The van der Waals surface area contributed by atoms with E-state index in [2.05, 4.69) is 46.0 Å². The molecule has 2 heterocycles. The van der Waals surface area contributed by atoms with Gasteiger partial charge in [0.1, 0.15) is 12.4 Å². The molecule has 2 unspecified atom stereocenters. The number of benzene rings is 2. The van der Waals surface area contributed by atoms with Crippen molar-refractivity contribution in [2.24, 2.45) is 5.92 Å². The number of nitrogens with zero attached hydrogens (tertiary/aromatic N) is 1. The minimum atomic E-state index is -0.468. The second-order valence-electron chi connectivity index (χ2n) is 7.09. The summed E-state index contributed by atoms with van der Waals surface area (Å²) in [4.78, 5) is 20.7. The van der Waals surface area contributed by atoms with Crippen LogP contribution in [0.2, 0.25) is 0 Å². The van der Waals surface area contributed by atoms with Crippen LogP contribution in [0.25, 0.3) is 0 Å². The fourth-order valence-corrected chi connectivity index (χ4v) is 3.76. The van der Waals surface area contributed by atoms with Crippen molar-refractivity contribution >= 4 is 5.78 Å². The van der Waals surface area contributed by atoms with E-state index >= 15 is 0 Å². The van der Waals surface area contributed by atoms with E-state index in [-0.39, 0.29) is 12.0 Å². The quantitative estimate of drug-likeness (QED) is 0.811. The molecule has 5 heteroatoms. The summed E-state index contributed by atoms with van der Waals surface area (Å²) < 4.78 is 0. The molecule has 0 saturated carbocycles. The van der Waals surface area contributed by atoms with Crippen molar-refractivity contribution in [3.63, 3.8) is 0 Å². The highest BCUT2D eigenvalue weighted by molar-refractivity contribution is 5.99. The van der Waals surface area contributed by atoms with Gasteiger partial charge in [-0.1, -0.05) is 60.7 Å². The van der Waals surface area contributed by atoms with Crippen LogP contribution < -0.4 is 10.8 Å². The monoisotopic (exact) mass is 351 g/mol. The predicted octanol–water partition coefficient (Wildman–Crippen LogP) is 2.56. The number of carbonyl (C=O) groups excluding carboxylic acids is 1. The summed E-state index contributed by atoms with van der Waals surface area (Å²) in [6.07, 6.45) is 1.56. The van der Waals surface area contributed by atoms with Gasteiger partial charge in [-0.2, -0.15) is 5.48 Å². The zero-order valence-electron chi connectivity index (χ0n) is 14.8. The van der Waals surface area contributed by atoms with Crippen molar-refractivity contribution < 1.29 is 9.63 Å². The van der Waals surface area contributed by atoms with Crippen molar-refractivity contribution in [2.45, 2.75) is 31.8 Å². The highest BCUT2D eigenvalue weighted by Crippen LogP contribution is 2.24. The second kappa shape index (κ2) is 8.10. The molecule has 2 saturated heterocycles. The number of ketones is 1. The van der Waals surface area contributed by atoms with Gasteiger partial charge in [0.05, 0.1) is 0 Å². The molecule has 0 spiro atoms. The molecule has 136 valence electrons. The minimum absolute atomic E-state index is 0.0228. The van der Waals surface area contributed by atoms with Gasteiger partial charge in [-0.3, -0.25) is 19.8 Å². The van der Waals surface area contributed by atoms with Crippen LogP contribution in [0.3, 0.4) is 0 Å². The Hall–Kier alpha value is -2.05. The van der Waals surface area contributed by atoms with Crippen LogP contribution in [0.15, 0.2) is 60.7 Å². The fraction of sp³-hybridized carbons (Fsp3) is 0.381. The van der Waals surface area contributed by atoms with Gasteiger partial charge in [0, 0.05) is 18.0 Å². The molecule has 2 fully saturated rings. The zero-order valence-corrected chi connectivity index (χ0v) is 14.8. The smallest absolute Gasteiger partial charge is 0.196 e. The maximum atomic E-state index is 12.5. The molecule has 5 nitrogen and oxygen atoms in total. The molecule has 4 rings (SSSR count). The van der Waals surface area contributed by atoms with Crippen molar-refractivity contribution in [1.29, 1.82) is 0 Å². The Labute approximate surface area is 154 Å². The van der Waals surface area contributed by atoms with Crippen LogP contribution in [0.4, 0.5) is 0 Å². The number of carbonyl (C=O) groups is 1. The third-order valence-corrected chi connectivity index (χ3v) is 5.27. The van der Waals surface area contributed by atoms with E-state index in [1.807, 2.05) is 30.3 Å². The highest BCUT2D eigenvalue weighted by atomic mass is 16.7. The van der Waals surface area contributed by atoms with E-state index in [0.717, 1.165) is 32.5 Å². The first-order valence-electron chi connectivity index (χ1n) is 9.32. The average molecular weight is 351 g/mol. The number of piperidine rings is 1. The van der Waals surface area contributed by atoms with Gasteiger partial charge >= 0.3 is 0 Å². The Kier molecular flexibility index (Phi) is 5.41. The number of hydroxylamine groups is 1. The van der Waals surface area contributed by atoms with Crippen LogP contribution in [0, 0.1) is 5.92 Å². The lowest BCUT2D eigenvalue weighted by molar-refractivity contribution is -0.0275. The summed E-state index contributed by atoms with van der Waals surface area (Å²) in [5, 5.41) is 3.32. The first kappa shape index (κ1) is 17.4.